The van der Waals surface area contributed by atoms with Gasteiger partial charge in [0.05, 0.1) is 24.9 Å². The fourth-order valence-electron chi connectivity index (χ4n) is 1.03. The Balaban J connectivity index is 2.31. The lowest BCUT2D eigenvalue weighted by molar-refractivity contribution is -0.133. The van der Waals surface area contributed by atoms with Gasteiger partial charge in [-0.2, -0.15) is 0 Å². The predicted molar refractivity (Wildman–Crippen MR) is 61.3 cm³/mol. The van der Waals surface area contributed by atoms with E-state index in [1.165, 1.54) is 6.20 Å². The molecule has 5 nitrogen and oxygen atoms in total. The van der Waals surface area contributed by atoms with E-state index >= 15 is 0 Å². The molecule has 0 aliphatic heterocycles. The summed E-state index contributed by atoms with van der Waals surface area (Å²) in [5.41, 5.74) is 9.10. The Labute approximate surface area is 95.0 Å². The number of rotatable bonds is 5. The zero-order valence-corrected chi connectivity index (χ0v) is 9.56. The monoisotopic (exact) mass is 223 g/mol. The Morgan fingerprint density at radius 1 is 1.56 bits per heavy atom. The lowest BCUT2D eigenvalue weighted by atomic mass is 10.2. The molecule has 1 aromatic rings. The first-order valence-corrected chi connectivity index (χ1v) is 5.19. The molecule has 5 heteroatoms. The van der Waals surface area contributed by atoms with Crippen molar-refractivity contribution >= 4 is 11.6 Å². The molecule has 1 amide bonds. The summed E-state index contributed by atoms with van der Waals surface area (Å²) in [6, 6.07) is 3.43. The number of nitrogens with two attached hydrogens (primary N) is 1. The third-order valence-electron chi connectivity index (χ3n) is 1.79. The van der Waals surface area contributed by atoms with Crippen LogP contribution in [0.2, 0.25) is 0 Å². The van der Waals surface area contributed by atoms with Crippen LogP contribution in [-0.2, 0) is 16.1 Å². The van der Waals surface area contributed by atoms with Crippen molar-refractivity contribution in [2.45, 2.75) is 20.3 Å². The Bertz CT molecular complexity index is 336. The predicted octanol–water partition coefficient (Wildman–Crippen LogP) is 0.910. The molecule has 0 unspecified atom stereocenters. The quantitative estimate of drug-likeness (QED) is 0.727. The van der Waals surface area contributed by atoms with E-state index in [1.807, 2.05) is 13.8 Å². The van der Waals surface area contributed by atoms with E-state index in [9.17, 15) is 4.79 Å². The van der Waals surface area contributed by atoms with Crippen molar-refractivity contribution in [1.29, 1.82) is 0 Å². The second kappa shape index (κ2) is 6.07. The van der Waals surface area contributed by atoms with Crippen molar-refractivity contribution in [3.63, 3.8) is 0 Å². The minimum Gasteiger partial charge on any atom is -0.397 e. The van der Waals surface area contributed by atoms with Gasteiger partial charge < -0.3 is 5.73 Å². The normalized spacial score (nSPS) is 10.4. The SMILES string of the molecule is CC(C)CONC(=O)Cc1ccc(N)cn1. The number of nitrogens with one attached hydrogen (secondary N) is 1. The number of hydrogen-bond donors (Lipinski definition) is 2. The summed E-state index contributed by atoms with van der Waals surface area (Å²) in [4.78, 5) is 20.4. The molecule has 0 aliphatic rings. The van der Waals surface area contributed by atoms with E-state index in [0.717, 1.165) is 0 Å². The van der Waals surface area contributed by atoms with Gasteiger partial charge in [-0.1, -0.05) is 13.8 Å². The lowest BCUT2D eigenvalue weighted by Gasteiger charge is -2.07. The first kappa shape index (κ1) is 12.4. The van der Waals surface area contributed by atoms with Crippen molar-refractivity contribution in [3.05, 3.63) is 24.0 Å². The molecular weight excluding hydrogens is 206 g/mol. The summed E-state index contributed by atoms with van der Waals surface area (Å²) in [7, 11) is 0. The zero-order chi connectivity index (χ0) is 12.0. The molecule has 0 saturated carbocycles. The van der Waals surface area contributed by atoms with Gasteiger partial charge in [0, 0.05) is 5.69 Å². The zero-order valence-electron chi connectivity index (χ0n) is 9.56. The van der Waals surface area contributed by atoms with Crippen molar-refractivity contribution in [2.24, 2.45) is 5.92 Å². The highest BCUT2D eigenvalue weighted by Crippen LogP contribution is 2.01. The van der Waals surface area contributed by atoms with Crippen LogP contribution in [-0.4, -0.2) is 17.5 Å². The van der Waals surface area contributed by atoms with Gasteiger partial charge in [-0.15, -0.1) is 0 Å². The highest BCUT2D eigenvalue weighted by Gasteiger charge is 2.04. The second-order valence-corrected chi connectivity index (χ2v) is 3.99. The molecule has 1 aromatic heterocycles. The van der Waals surface area contributed by atoms with Crippen LogP contribution in [0.1, 0.15) is 19.5 Å². The van der Waals surface area contributed by atoms with Crippen molar-refractivity contribution in [2.75, 3.05) is 12.3 Å². The Hall–Kier alpha value is -1.62. The molecule has 0 fully saturated rings. The third kappa shape index (κ3) is 4.75. The van der Waals surface area contributed by atoms with Crippen LogP contribution >= 0.6 is 0 Å². The molecule has 0 bridgehead atoms. The smallest absolute Gasteiger partial charge is 0.249 e. The first-order chi connectivity index (χ1) is 7.58. The minimum absolute atomic E-state index is 0.193. The highest BCUT2D eigenvalue weighted by molar-refractivity contribution is 5.77. The van der Waals surface area contributed by atoms with Crippen LogP contribution in [0.25, 0.3) is 0 Å². The van der Waals surface area contributed by atoms with Crippen molar-refractivity contribution in [1.82, 2.24) is 10.5 Å². The summed E-state index contributed by atoms with van der Waals surface area (Å²) in [5, 5.41) is 0. The number of amides is 1. The molecule has 3 N–H and O–H groups in total. The number of hydrogen-bond acceptors (Lipinski definition) is 4. The topological polar surface area (TPSA) is 77.2 Å². The summed E-state index contributed by atoms with van der Waals surface area (Å²) >= 11 is 0. The van der Waals surface area contributed by atoms with Gasteiger partial charge in [-0.05, 0) is 18.1 Å². The van der Waals surface area contributed by atoms with E-state index in [-0.39, 0.29) is 12.3 Å². The third-order valence-corrected chi connectivity index (χ3v) is 1.79. The van der Waals surface area contributed by atoms with Gasteiger partial charge in [0.1, 0.15) is 0 Å². The van der Waals surface area contributed by atoms with Gasteiger partial charge >= 0.3 is 0 Å². The number of carbonyl (C=O) groups is 1. The molecule has 0 atom stereocenters. The molecule has 16 heavy (non-hydrogen) atoms. The highest BCUT2D eigenvalue weighted by atomic mass is 16.6. The Kier molecular flexibility index (Phi) is 4.72. The molecule has 0 spiro atoms. The molecule has 0 aliphatic carbocycles. The van der Waals surface area contributed by atoms with Gasteiger partial charge in [-0.25, -0.2) is 5.48 Å². The minimum atomic E-state index is -0.210. The fourth-order valence-corrected chi connectivity index (χ4v) is 1.03. The number of nitrogens with zero attached hydrogens (tertiary/aromatic N) is 1. The van der Waals surface area contributed by atoms with Gasteiger partial charge in [0.2, 0.25) is 5.91 Å². The lowest BCUT2D eigenvalue weighted by Crippen LogP contribution is -2.27. The van der Waals surface area contributed by atoms with Crippen LogP contribution in [0.15, 0.2) is 18.3 Å². The first-order valence-electron chi connectivity index (χ1n) is 5.19. The standard InChI is InChI=1S/C11H17N3O2/c1-8(2)7-16-14-11(15)5-10-4-3-9(12)6-13-10/h3-4,6,8H,5,7,12H2,1-2H3,(H,14,15). The molecule has 1 rings (SSSR count). The molecule has 0 saturated heterocycles. The van der Waals surface area contributed by atoms with Crippen LogP contribution in [0, 0.1) is 5.92 Å². The average Bonchev–Trinajstić information content (AvgIpc) is 2.21. The fraction of sp³-hybridized carbons (Fsp3) is 0.455. The number of aromatic nitrogens is 1. The maximum Gasteiger partial charge on any atom is 0.249 e. The Morgan fingerprint density at radius 2 is 2.31 bits per heavy atom. The van der Waals surface area contributed by atoms with Gasteiger partial charge in [0.25, 0.3) is 0 Å². The largest absolute Gasteiger partial charge is 0.397 e. The van der Waals surface area contributed by atoms with Crippen LogP contribution in [0.3, 0.4) is 0 Å². The number of pyridine rings is 1. The van der Waals surface area contributed by atoms with Gasteiger partial charge in [-0.3, -0.25) is 14.6 Å². The number of nitrogen functional groups attached to an aromatic ring is 1. The van der Waals surface area contributed by atoms with E-state index < -0.39 is 0 Å². The van der Waals surface area contributed by atoms with Crippen LogP contribution < -0.4 is 11.2 Å². The van der Waals surface area contributed by atoms with E-state index in [2.05, 4.69) is 10.5 Å². The van der Waals surface area contributed by atoms with E-state index in [4.69, 9.17) is 10.6 Å². The maximum absolute atomic E-state index is 11.4. The van der Waals surface area contributed by atoms with E-state index in [1.54, 1.807) is 12.1 Å². The van der Waals surface area contributed by atoms with Crippen LogP contribution in [0.5, 0.6) is 0 Å². The molecule has 88 valence electrons. The summed E-state index contributed by atoms with van der Waals surface area (Å²) in [5.74, 6) is 0.174. The van der Waals surface area contributed by atoms with Crippen LogP contribution in [0.4, 0.5) is 5.69 Å². The summed E-state index contributed by atoms with van der Waals surface area (Å²) in [6.45, 7) is 4.52. The molecule has 1 heterocycles. The van der Waals surface area contributed by atoms with Crippen molar-refractivity contribution < 1.29 is 9.63 Å². The number of anilines is 1. The molecular formula is C11H17N3O2. The second-order valence-electron chi connectivity index (χ2n) is 3.99. The van der Waals surface area contributed by atoms with E-state index in [0.29, 0.717) is 23.9 Å². The average molecular weight is 223 g/mol. The summed E-state index contributed by atoms with van der Waals surface area (Å²) < 4.78 is 0. The maximum atomic E-state index is 11.4. The summed E-state index contributed by atoms with van der Waals surface area (Å²) in [6.07, 6.45) is 1.72. The number of carbonyl (C=O) groups excluding carboxylic acids is 1. The number of hydroxylamine groups is 1. The van der Waals surface area contributed by atoms with Crippen molar-refractivity contribution in [3.8, 4) is 0 Å². The Morgan fingerprint density at radius 3 is 2.88 bits per heavy atom. The van der Waals surface area contributed by atoms with Gasteiger partial charge in [0.15, 0.2) is 0 Å². The molecule has 0 radical (unpaired) electrons. The molecule has 0 aromatic carbocycles.